The average Bonchev–Trinajstić information content (AvgIpc) is 2.69. The first kappa shape index (κ1) is 17.8. The molecule has 1 N–H and O–H groups in total. The van der Waals surface area contributed by atoms with Crippen molar-refractivity contribution in [2.75, 3.05) is 7.11 Å². The average molecular weight is 361 g/mol. The SMILES string of the molecule is COc1ccc(N=Nc2c(C)c(C#N)c(=O)n(-c3ccccn3)c2O)cc1. The fraction of sp³-hybridized carbons (Fsp3) is 0.105. The zero-order valence-electron chi connectivity index (χ0n) is 14.6. The Morgan fingerprint density at radius 3 is 2.52 bits per heavy atom. The highest BCUT2D eigenvalue weighted by Gasteiger charge is 2.20. The van der Waals surface area contributed by atoms with E-state index in [9.17, 15) is 15.2 Å². The van der Waals surface area contributed by atoms with Gasteiger partial charge in [-0.15, -0.1) is 5.11 Å². The fourth-order valence-corrected chi connectivity index (χ4v) is 2.47. The Morgan fingerprint density at radius 2 is 1.93 bits per heavy atom. The van der Waals surface area contributed by atoms with E-state index in [4.69, 9.17) is 4.74 Å². The third-order valence-electron chi connectivity index (χ3n) is 3.90. The van der Waals surface area contributed by atoms with Crippen molar-refractivity contribution in [2.24, 2.45) is 10.2 Å². The van der Waals surface area contributed by atoms with Crippen LogP contribution in [0.5, 0.6) is 11.6 Å². The van der Waals surface area contributed by atoms with Gasteiger partial charge in [-0.2, -0.15) is 10.4 Å². The lowest BCUT2D eigenvalue weighted by atomic mass is 10.1. The summed E-state index contributed by atoms with van der Waals surface area (Å²) < 4.78 is 6.02. The van der Waals surface area contributed by atoms with E-state index in [1.165, 1.54) is 13.1 Å². The first-order valence-corrected chi connectivity index (χ1v) is 7.92. The van der Waals surface area contributed by atoms with Crippen LogP contribution in [-0.2, 0) is 0 Å². The number of benzene rings is 1. The summed E-state index contributed by atoms with van der Waals surface area (Å²) in [5.74, 6) is 0.410. The summed E-state index contributed by atoms with van der Waals surface area (Å²) in [5.41, 5.74) is -0.0301. The molecule has 8 heteroatoms. The van der Waals surface area contributed by atoms with Crippen molar-refractivity contribution in [1.29, 1.82) is 5.26 Å². The summed E-state index contributed by atoms with van der Waals surface area (Å²) in [4.78, 5) is 16.7. The van der Waals surface area contributed by atoms with E-state index >= 15 is 0 Å². The Bertz CT molecular complexity index is 1100. The molecule has 0 bridgehead atoms. The number of nitrogens with zero attached hydrogens (tertiary/aromatic N) is 5. The number of aromatic hydroxyl groups is 1. The lowest BCUT2D eigenvalue weighted by Crippen LogP contribution is -2.23. The third kappa shape index (κ3) is 3.39. The Kier molecular flexibility index (Phi) is 4.95. The molecular formula is C19H15N5O3. The quantitative estimate of drug-likeness (QED) is 0.714. The smallest absolute Gasteiger partial charge is 0.277 e. The van der Waals surface area contributed by atoms with Gasteiger partial charge in [0.1, 0.15) is 23.2 Å². The topological polar surface area (TPSA) is 113 Å². The molecule has 0 aliphatic heterocycles. The van der Waals surface area contributed by atoms with Crippen LogP contribution in [0.15, 0.2) is 63.7 Å². The van der Waals surface area contributed by atoms with E-state index in [2.05, 4.69) is 15.2 Å². The van der Waals surface area contributed by atoms with Crippen LogP contribution in [0.3, 0.4) is 0 Å². The van der Waals surface area contributed by atoms with Gasteiger partial charge in [0.05, 0.1) is 12.8 Å². The summed E-state index contributed by atoms with van der Waals surface area (Å²) in [6.07, 6.45) is 1.48. The van der Waals surface area contributed by atoms with Crippen molar-refractivity contribution in [1.82, 2.24) is 9.55 Å². The molecule has 0 spiro atoms. The first-order valence-electron chi connectivity index (χ1n) is 7.92. The number of ether oxygens (including phenoxy) is 1. The van der Waals surface area contributed by atoms with E-state index in [0.717, 1.165) is 4.57 Å². The predicted molar refractivity (Wildman–Crippen MR) is 98.1 cm³/mol. The number of azo groups is 1. The Morgan fingerprint density at radius 1 is 1.19 bits per heavy atom. The number of aromatic nitrogens is 2. The Hall–Kier alpha value is -3.99. The van der Waals surface area contributed by atoms with Crippen LogP contribution in [0, 0.1) is 18.3 Å². The van der Waals surface area contributed by atoms with Crippen LogP contribution < -0.4 is 10.3 Å². The molecule has 0 saturated carbocycles. The van der Waals surface area contributed by atoms with Crippen LogP contribution in [-0.4, -0.2) is 21.8 Å². The Balaban J connectivity index is 2.16. The molecule has 0 aliphatic rings. The molecular weight excluding hydrogens is 346 g/mol. The highest BCUT2D eigenvalue weighted by molar-refractivity contribution is 5.61. The monoisotopic (exact) mass is 361 g/mol. The van der Waals surface area contributed by atoms with Crippen molar-refractivity contribution >= 4 is 11.4 Å². The predicted octanol–water partition coefficient (Wildman–Crippen LogP) is 3.54. The molecule has 0 atom stereocenters. The molecule has 1 aromatic carbocycles. The maximum Gasteiger partial charge on any atom is 0.277 e. The number of hydrogen-bond acceptors (Lipinski definition) is 7. The molecule has 2 aromatic heterocycles. The van der Waals surface area contributed by atoms with Crippen molar-refractivity contribution in [3.05, 3.63) is 70.1 Å². The summed E-state index contributed by atoms with van der Waals surface area (Å²) >= 11 is 0. The molecule has 0 amide bonds. The van der Waals surface area contributed by atoms with Gasteiger partial charge < -0.3 is 9.84 Å². The number of pyridine rings is 2. The highest BCUT2D eigenvalue weighted by Crippen LogP contribution is 2.33. The molecule has 8 nitrogen and oxygen atoms in total. The molecule has 2 heterocycles. The van der Waals surface area contributed by atoms with E-state index in [1.54, 1.807) is 49.6 Å². The summed E-state index contributed by atoms with van der Waals surface area (Å²) in [5, 5.41) is 28.1. The van der Waals surface area contributed by atoms with Crippen molar-refractivity contribution in [3.8, 4) is 23.5 Å². The maximum atomic E-state index is 12.6. The van der Waals surface area contributed by atoms with Gasteiger partial charge in [0.2, 0.25) is 5.88 Å². The fourth-order valence-electron chi connectivity index (χ4n) is 2.47. The van der Waals surface area contributed by atoms with E-state index in [0.29, 0.717) is 11.4 Å². The first-order chi connectivity index (χ1) is 13.1. The van der Waals surface area contributed by atoms with Crippen molar-refractivity contribution in [2.45, 2.75) is 6.92 Å². The zero-order valence-corrected chi connectivity index (χ0v) is 14.6. The standard InChI is InChI=1S/C19H15N5O3/c1-12-15(11-20)18(25)24(16-5-3-4-10-21-16)19(26)17(12)23-22-13-6-8-14(27-2)9-7-13/h3-10,26H,1-2H3. The molecule has 0 fully saturated rings. The number of methoxy groups -OCH3 is 1. The third-order valence-corrected chi connectivity index (χ3v) is 3.90. The number of rotatable bonds is 4. The van der Waals surface area contributed by atoms with Crippen LogP contribution in [0.2, 0.25) is 0 Å². The second kappa shape index (κ2) is 7.49. The number of nitriles is 1. The molecule has 0 aliphatic carbocycles. The highest BCUT2D eigenvalue weighted by atomic mass is 16.5. The van der Waals surface area contributed by atoms with Gasteiger partial charge in [0.15, 0.2) is 5.69 Å². The van der Waals surface area contributed by atoms with Gasteiger partial charge in [-0.3, -0.25) is 4.79 Å². The summed E-state index contributed by atoms with van der Waals surface area (Å²) in [7, 11) is 1.56. The molecule has 27 heavy (non-hydrogen) atoms. The molecule has 0 radical (unpaired) electrons. The van der Waals surface area contributed by atoms with Crippen LogP contribution >= 0.6 is 0 Å². The van der Waals surface area contributed by atoms with Crippen molar-refractivity contribution in [3.63, 3.8) is 0 Å². The number of hydrogen-bond donors (Lipinski definition) is 1. The maximum absolute atomic E-state index is 12.6. The summed E-state index contributed by atoms with van der Waals surface area (Å²) in [6, 6.07) is 13.6. The minimum absolute atomic E-state index is 0.0209. The second-order valence-electron chi connectivity index (χ2n) is 5.51. The minimum atomic E-state index is -0.672. The van der Waals surface area contributed by atoms with E-state index < -0.39 is 11.4 Å². The zero-order chi connectivity index (χ0) is 19.4. The lowest BCUT2D eigenvalue weighted by molar-refractivity contribution is 0.415. The van der Waals surface area contributed by atoms with Gasteiger partial charge in [0.25, 0.3) is 5.56 Å². The van der Waals surface area contributed by atoms with Gasteiger partial charge in [0, 0.05) is 11.8 Å². The largest absolute Gasteiger partial charge is 0.497 e. The second-order valence-corrected chi connectivity index (χ2v) is 5.51. The van der Waals surface area contributed by atoms with Crippen LogP contribution in [0.25, 0.3) is 5.82 Å². The van der Waals surface area contributed by atoms with Crippen LogP contribution in [0.4, 0.5) is 11.4 Å². The molecule has 0 saturated heterocycles. The van der Waals surface area contributed by atoms with E-state index in [1.807, 2.05) is 6.07 Å². The van der Waals surface area contributed by atoms with Gasteiger partial charge in [-0.05, 0) is 43.3 Å². The normalized spacial score (nSPS) is 10.7. The van der Waals surface area contributed by atoms with Gasteiger partial charge in [-0.25, -0.2) is 9.55 Å². The lowest BCUT2D eigenvalue weighted by Gasteiger charge is -2.12. The molecule has 3 rings (SSSR count). The van der Waals surface area contributed by atoms with Gasteiger partial charge >= 0.3 is 0 Å². The molecule has 134 valence electrons. The van der Waals surface area contributed by atoms with Gasteiger partial charge in [-0.1, -0.05) is 6.07 Å². The van der Waals surface area contributed by atoms with E-state index in [-0.39, 0.29) is 22.6 Å². The van der Waals surface area contributed by atoms with Crippen molar-refractivity contribution < 1.29 is 9.84 Å². The van der Waals surface area contributed by atoms with Crippen LogP contribution in [0.1, 0.15) is 11.1 Å². The molecule has 3 aromatic rings. The minimum Gasteiger partial charge on any atom is -0.497 e. The molecule has 0 unspecified atom stereocenters. The Labute approximate surface area is 154 Å². The summed E-state index contributed by atoms with van der Waals surface area (Å²) in [6.45, 7) is 1.53.